The van der Waals surface area contributed by atoms with Gasteiger partial charge in [0, 0.05) is 22.1 Å². The van der Waals surface area contributed by atoms with Gasteiger partial charge in [0.15, 0.2) is 0 Å². The molecule has 116 valence electrons. The first kappa shape index (κ1) is 16.2. The molecule has 1 heterocycles. The maximum absolute atomic E-state index is 12.4. The summed E-state index contributed by atoms with van der Waals surface area (Å²) >= 11 is 6.05. The fraction of sp³-hybridized carbons (Fsp3) is 0.312. The van der Waals surface area contributed by atoms with Crippen molar-refractivity contribution < 1.29 is 4.79 Å². The Bertz CT molecular complexity index is 783. The highest BCUT2D eigenvalue weighted by molar-refractivity contribution is 6.31. The number of nitrogens with zero attached hydrogens (tertiary/aromatic N) is 2. The second-order valence-electron chi connectivity index (χ2n) is 5.32. The zero-order chi connectivity index (χ0) is 16.4. The number of amides is 1. The molecule has 1 atom stereocenters. The number of rotatable bonds is 3. The molecule has 1 amide bonds. The van der Waals surface area contributed by atoms with E-state index in [0.29, 0.717) is 22.1 Å². The lowest BCUT2D eigenvalue weighted by atomic mass is 10.2. The Morgan fingerprint density at radius 2 is 1.95 bits per heavy atom. The minimum Gasteiger partial charge on any atom is -0.324 e. The third-order valence-electron chi connectivity index (χ3n) is 3.48. The molecule has 5 nitrogen and oxygen atoms in total. The van der Waals surface area contributed by atoms with Crippen LogP contribution in [0, 0.1) is 20.8 Å². The van der Waals surface area contributed by atoms with Gasteiger partial charge in [-0.25, -0.2) is 4.79 Å². The van der Waals surface area contributed by atoms with Crippen LogP contribution in [0.2, 0.25) is 5.02 Å². The quantitative estimate of drug-likeness (QED) is 0.945. The second-order valence-corrected chi connectivity index (χ2v) is 5.73. The summed E-state index contributed by atoms with van der Waals surface area (Å²) in [6, 6.07) is 6.39. The summed E-state index contributed by atoms with van der Waals surface area (Å²) in [6.45, 7) is 7.08. The summed E-state index contributed by atoms with van der Waals surface area (Å²) in [5.74, 6) is -0.296. The van der Waals surface area contributed by atoms with E-state index in [2.05, 4.69) is 10.3 Å². The molecule has 0 aliphatic carbocycles. The third-order valence-corrected chi connectivity index (χ3v) is 3.89. The summed E-state index contributed by atoms with van der Waals surface area (Å²) in [5, 5.41) is 3.35. The van der Waals surface area contributed by atoms with E-state index < -0.39 is 11.7 Å². The first-order chi connectivity index (χ1) is 10.3. The summed E-state index contributed by atoms with van der Waals surface area (Å²) in [6.07, 6.45) is 0. The Kier molecular flexibility index (Phi) is 4.66. The lowest BCUT2D eigenvalue weighted by Crippen LogP contribution is -2.34. The highest BCUT2D eigenvalue weighted by atomic mass is 35.5. The number of carbonyl (C=O) groups is 1. The number of aryl methyl sites for hydroxylation is 3. The molecule has 0 spiro atoms. The minimum absolute atomic E-state index is 0.296. The Morgan fingerprint density at radius 3 is 2.55 bits per heavy atom. The molecule has 2 aromatic rings. The van der Waals surface area contributed by atoms with Gasteiger partial charge in [0.05, 0.1) is 0 Å². The van der Waals surface area contributed by atoms with Gasteiger partial charge in [0.1, 0.15) is 6.04 Å². The zero-order valence-corrected chi connectivity index (χ0v) is 13.7. The van der Waals surface area contributed by atoms with E-state index >= 15 is 0 Å². The van der Waals surface area contributed by atoms with Crippen LogP contribution in [0.3, 0.4) is 0 Å². The van der Waals surface area contributed by atoms with E-state index in [1.54, 1.807) is 39.0 Å². The van der Waals surface area contributed by atoms with E-state index in [1.807, 2.05) is 13.0 Å². The van der Waals surface area contributed by atoms with Crippen molar-refractivity contribution in [1.82, 2.24) is 9.55 Å². The van der Waals surface area contributed by atoms with Gasteiger partial charge in [0.2, 0.25) is 5.91 Å². The molecule has 0 aliphatic rings. The van der Waals surface area contributed by atoms with Crippen molar-refractivity contribution >= 4 is 23.2 Å². The molecule has 0 unspecified atom stereocenters. The normalized spacial score (nSPS) is 12.0. The molecule has 1 aromatic heterocycles. The maximum Gasteiger partial charge on any atom is 0.348 e. The number of hydrogen-bond donors (Lipinski definition) is 1. The number of aromatic nitrogens is 2. The van der Waals surface area contributed by atoms with Gasteiger partial charge in [-0.3, -0.25) is 9.36 Å². The van der Waals surface area contributed by atoms with Crippen molar-refractivity contribution in [2.75, 3.05) is 5.32 Å². The Labute approximate surface area is 134 Å². The van der Waals surface area contributed by atoms with Gasteiger partial charge in [0.25, 0.3) is 0 Å². The predicted octanol–water partition coefficient (Wildman–Crippen LogP) is 3.02. The van der Waals surface area contributed by atoms with Crippen molar-refractivity contribution in [2.45, 2.75) is 33.7 Å². The molecule has 0 saturated carbocycles. The molecule has 0 aliphatic heterocycles. The topological polar surface area (TPSA) is 64.0 Å². The van der Waals surface area contributed by atoms with Crippen LogP contribution in [0.25, 0.3) is 0 Å². The molecule has 1 N–H and O–H groups in total. The minimum atomic E-state index is -0.666. The van der Waals surface area contributed by atoms with Crippen molar-refractivity contribution in [3.05, 3.63) is 56.7 Å². The predicted molar refractivity (Wildman–Crippen MR) is 87.5 cm³/mol. The van der Waals surface area contributed by atoms with Crippen molar-refractivity contribution in [3.63, 3.8) is 0 Å². The van der Waals surface area contributed by atoms with E-state index in [4.69, 9.17) is 11.6 Å². The van der Waals surface area contributed by atoms with Crippen molar-refractivity contribution in [2.24, 2.45) is 0 Å². The van der Waals surface area contributed by atoms with Gasteiger partial charge in [-0.15, -0.1) is 0 Å². The second kappa shape index (κ2) is 6.32. The maximum atomic E-state index is 12.4. The molecule has 0 bridgehead atoms. The Hall–Kier alpha value is -2.14. The third kappa shape index (κ3) is 3.36. The highest BCUT2D eigenvalue weighted by Gasteiger charge is 2.19. The van der Waals surface area contributed by atoms with Gasteiger partial charge in [-0.1, -0.05) is 17.7 Å². The number of halogens is 1. The number of anilines is 1. The standard InChI is InChI=1S/C16H18ClN3O2/c1-9-5-6-13(8-14(9)17)19-15(21)12(4)20-11(3)7-10(2)18-16(20)22/h5-8,12H,1-4H3,(H,19,21)/t12-/m1/s1. The van der Waals surface area contributed by atoms with Crippen LogP contribution in [0.1, 0.15) is 29.9 Å². The number of benzene rings is 1. The van der Waals surface area contributed by atoms with Crippen LogP contribution in [0.4, 0.5) is 5.69 Å². The SMILES string of the molecule is Cc1cc(C)n([C@H](C)C(=O)Nc2ccc(C)c(Cl)c2)c(=O)n1. The monoisotopic (exact) mass is 319 g/mol. The van der Waals surface area contributed by atoms with Crippen LogP contribution in [-0.4, -0.2) is 15.5 Å². The first-order valence-corrected chi connectivity index (χ1v) is 7.31. The zero-order valence-electron chi connectivity index (χ0n) is 13.0. The molecule has 0 fully saturated rings. The first-order valence-electron chi connectivity index (χ1n) is 6.93. The lowest BCUT2D eigenvalue weighted by molar-refractivity contribution is -0.118. The van der Waals surface area contributed by atoms with E-state index in [1.165, 1.54) is 4.57 Å². The molecule has 1 aromatic carbocycles. The average molecular weight is 320 g/mol. The van der Waals surface area contributed by atoms with Crippen molar-refractivity contribution in [3.8, 4) is 0 Å². The van der Waals surface area contributed by atoms with E-state index in [0.717, 1.165) is 5.56 Å². The fourth-order valence-corrected chi connectivity index (χ4v) is 2.45. The summed E-state index contributed by atoms with van der Waals surface area (Å²) in [5.41, 5.74) is 2.43. The van der Waals surface area contributed by atoms with E-state index in [-0.39, 0.29) is 5.91 Å². The van der Waals surface area contributed by atoms with E-state index in [9.17, 15) is 9.59 Å². The molecule has 6 heteroatoms. The number of hydrogen-bond acceptors (Lipinski definition) is 3. The molecule has 0 saturated heterocycles. The lowest BCUT2D eigenvalue weighted by Gasteiger charge is -2.17. The van der Waals surface area contributed by atoms with Crippen LogP contribution in [0.5, 0.6) is 0 Å². The molecule has 2 rings (SSSR count). The molecular formula is C16H18ClN3O2. The van der Waals surface area contributed by atoms with Gasteiger partial charge in [-0.2, -0.15) is 4.98 Å². The van der Waals surface area contributed by atoms with Crippen molar-refractivity contribution in [1.29, 1.82) is 0 Å². The van der Waals surface area contributed by atoms with Crippen LogP contribution < -0.4 is 11.0 Å². The Morgan fingerprint density at radius 1 is 1.27 bits per heavy atom. The Balaban J connectivity index is 2.26. The summed E-state index contributed by atoms with van der Waals surface area (Å²) < 4.78 is 1.37. The molecular weight excluding hydrogens is 302 g/mol. The smallest absolute Gasteiger partial charge is 0.324 e. The largest absolute Gasteiger partial charge is 0.348 e. The van der Waals surface area contributed by atoms with Gasteiger partial charge >= 0.3 is 5.69 Å². The number of nitrogens with one attached hydrogen (secondary N) is 1. The van der Waals surface area contributed by atoms with Gasteiger partial charge in [-0.05, 0) is 51.5 Å². The van der Waals surface area contributed by atoms with Crippen LogP contribution in [-0.2, 0) is 4.79 Å². The molecule has 0 radical (unpaired) electrons. The van der Waals surface area contributed by atoms with Gasteiger partial charge < -0.3 is 5.32 Å². The van der Waals surface area contributed by atoms with Crippen LogP contribution in [0.15, 0.2) is 29.1 Å². The highest BCUT2D eigenvalue weighted by Crippen LogP contribution is 2.21. The molecule has 22 heavy (non-hydrogen) atoms. The summed E-state index contributed by atoms with van der Waals surface area (Å²) in [4.78, 5) is 28.2. The van der Waals surface area contributed by atoms with Crippen LogP contribution >= 0.6 is 11.6 Å². The fourth-order valence-electron chi connectivity index (χ4n) is 2.27. The average Bonchev–Trinajstić information content (AvgIpc) is 2.41. The summed E-state index contributed by atoms with van der Waals surface area (Å²) in [7, 11) is 0. The number of carbonyl (C=O) groups excluding carboxylic acids is 1.